The van der Waals surface area contributed by atoms with Gasteiger partial charge in [0.25, 0.3) is 0 Å². The second kappa shape index (κ2) is 3.15. The van der Waals surface area contributed by atoms with Crippen LogP contribution in [0.5, 0.6) is 0 Å². The topological polar surface area (TPSA) is 54.4 Å². The van der Waals surface area contributed by atoms with E-state index in [1.54, 1.807) is 6.20 Å². The SMILES string of the molecule is O=C1NCN=C2c3ncccc3CCC12. The van der Waals surface area contributed by atoms with Gasteiger partial charge in [0.2, 0.25) is 5.91 Å². The van der Waals surface area contributed by atoms with Crippen molar-refractivity contribution in [3.8, 4) is 0 Å². The highest BCUT2D eigenvalue weighted by Gasteiger charge is 2.33. The summed E-state index contributed by atoms with van der Waals surface area (Å²) in [5.74, 6) is 0.0115. The fraction of sp³-hybridized carbons (Fsp3) is 0.364. The maximum atomic E-state index is 11.6. The van der Waals surface area contributed by atoms with E-state index < -0.39 is 0 Å². The van der Waals surface area contributed by atoms with Gasteiger partial charge in [-0.05, 0) is 24.5 Å². The van der Waals surface area contributed by atoms with Gasteiger partial charge in [-0.1, -0.05) is 6.07 Å². The average molecular weight is 201 g/mol. The Labute approximate surface area is 87.4 Å². The van der Waals surface area contributed by atoms with E-state index in [0.717, 1.165) is 24.2 Å². The molecule has 1 aromatic heterocycles. The van der Waals surface area contributed by atoms with Crippen LogP contribution in [0.15, 0.2) is 23.3 Å². The molecule has 1 N–H and O–H groups in total. The zero-order chi connectivity index (χ0) is 10.3. The Bertz CT molecular complexity index is 453. The molecule has 0 bridgehead atoms. The van der Waals surface area contributed by atoms with Gasteiger partial charge < -0.3 is 5.32 Å². The summed E-state index contributed by atoms with van der Waals surface area (Å²) in [4.78, 5) is 20.3. The molecule has 0 saturated carbocycles. The molecule has 4 heteroatoms. The van der Waals surface area contributed by atoms with Crippen LogP contribution in [-0.2, 0) is 11.2 Å². The number of fused-ring (bicyclic) bond motifs is 3. The number of aryl methyl sites for hydroxylation is 1. The number of amides is 1. The first-order valence-corrected chi connectivity index (χ1v) is 5.12. The fourth-order valence-corrected chi connectivity index (χ4v) is 2.24. The molecule has 0 fully saturated rings. The van der Waals surface area contributed by atoms with Gasteiger partial charge in [-0.25, -0.2) is 0 Å². The summed E-state index contributed by atoms with van der Waals surface area (Å²) < 4.78 is 0. The molecule has 1 atom stereocenters. The van der Waals surface area contributed by atoms with Gasteiger partial charge in [-0.3, -0.25) is 14.8 Å². The van der Waals surface area contributed by atoms with Crippen LogP contribution < -0.4 is 5.32 Å². The minimum atomic E-state index is -0.0823. The molecule has 1 unspecified atom stereocenters. The van der Waals surface area contributed by atoms with Crippen LogP contribution in [0, 0.1) is 5.92 Å². The number of nitrogens with one attached hydrogen (secondary N) is 1. The van der Waals surface area contributed by atoms with Crippen LogP contribution in [0.1, 0.15) is 17.7 Å². The Balaban J connectivity index is 2.13. The lowest BCUT2D eigenvalue weighted by Crippen LogP contribution is -2.43. The summed E-state index contributed by atoms with van der Waals surface area (Å²) >= 11 is 0. The summed E-state index contributed by atoms with van der Waals surface area (Å²) in [6.07, 6.45) is 3.53. The molecule has 1 aliphatic heterocycles. The quantitative estimate of drug-likeness (QED) is 0.665. The zero-order valence-corrected chi connectivity index (χ0v) is 8.23. The van der Waals surface area contributed by atoms with Gasteiger partial charge in [0.15, 0.2) is 0 Å². The monoisotopic (exact) mass is 201 g/mol. The van der Waals surface area contributed by atoms with E-state index in [-0.39, 0.29) is 11.8 Å². The summed E-state index contributed by atoms with van der Waals surface area (Å²) in [6, 6.07) is 4.00. The molecule has 1 aliphatic carbocycles. The predicted molar refractivity (Wildman–Crippen MR) is 55.6 cm³/mol. The lowest BCUT2D eigenvalue weighted by molar-refractivity contribution is -0.123. The number of carbonyl (C=O) groups excluding carboxylic acids is 1. The lowest BCUT2D eigenvalue weighted by atomic mass is 9.84. The van der Waals surface area contributed by atoms with Crippen molar-refractivity contribution < 1.29 is 4.79 Å². The largest absolute Gasteiger partial charge is 0.336 e. The number of aliphatic imine (C=N–C) groups is 1. The maximum Gasteiger partial charge on any atom is 0.230 e. The number of nitrogens with zero attached hydrogens (tertiary/aromatic N) is 2. The Kier molecular flexibility index (Phi) is 1.80. The molecule has 1 aromatic rings. The van der Waals surface area contributed by atoms with Crippen LogP contribution in [-0.4, -0.2) is 23.3 Å². The molecular weight excluding hydrogens is 190 g/mol. The molecule has 15 heavy (non-hydrogen) atoms. The molecule has 4 nitrogen and oxygen atoms in total. The second-order valence-corrected chi connectivity index (χ2v) is 3.84. The van der Waals surface area contributed by atoms with Gasteiger partial charge >= 0.3 is 0 Å². The van der Waals surface area contributed by atoms with E-state index in [1.807, 2.05) is 6.07 Å². The highest BCUT2D eigenvalue weighted by atomic mass is 16.2. The van der Waals surface area contributed by atoms with Crippen molar-refractivity contribution >= 4 is 11.6 Å². The van der Waals surface area contributed by atoms with Crippen molar-refractivity contribution in [2.75, 3.05) is 6.67 Å². The summed E-state index contributed by atoms with van der Waals surface area (Å²) in [5.41, 5.74) is 3.01. The minimum Gasteiger partial charge on any atom is -0.336 e. The van der Waals surface area contributed by atoms with E-state index in [4.69, 9.17) is 0 Å². The average Bonchev–Trinajstić information content (AvgIpc) is 2.29. The standard InChI is InChI=1S/C11H11N3O/c15-11-8-4-3-7-2-1-5-12-9(7)10(8)13-6-14-11/h1-2,5,8H,3-4,6H2,(H,14,15). The van der Waals surface area contributed by atoms with E-state index in [1.165, 1.54) is 5.56 Å². The molecule has 0 saturated heterocycles. The molecule has 76 valence electrons. The second-order valence-electron chi connectivity index (χ2n) is 3.84. The zero-order valence-electron chi connectivity index (χ0n) is 8.23. The highest BCUT2D eigenvalue weighted by molar-refractivity contribution is 6.14. The maximum absolute atomic E-state index is 11.6. The van der Waals surface area contributed by atoms with Gasteiger partial charge in [0.1, 0.15) is 6.67 Å². The van der Waals surface area contributed by atoms with Crippen LogP contribution in [0.25, 0.3) is 0 Å². The van der Waals surface area contributed by atoms with E-state index in [9.17, 15) is 4.79 Å². The molecule has 0 radical (unpaired) electrons. The Hall–Kier alpha value is -1.71. The Morgan fingerprint density at radius 1 is 1.47 bits per heavy atom. The molecule has 2 aliphatic rings. The first-order valence-electron chi connectivity index (χ1n) is 5.12. The molecule has 2 heterocycles. The number of rotatable bonds is 0. The third-order valence-electron chi connectivity index (χ3n) is 2.99. The first kappa shape index (κ1) is 8.59. The third kappa shape index (κ3) is 1.25. The van der Waals surface area contributed by atoms with Crippen LogP contribution in [0.3, 0.4) is 0 Å². The van der Waals surface area contributed by atoms with Crippen molar-refractivity contribution in [2.45, 2.75) is 12.8 Å². The van der Waals surface area contributed by atoms with Crippen LogP contribution in [0.4, 0.5) is 0 Å². The Morgan fingerprint density at radius 2 is 2.40 bits per heavy atom. The third-order valence-corrected chi connectivity index (χ3v) is 2.99. The molecule has 1 amide bonds. The number of hydrogen-bond donors (Lipinski definition) is 1. The molecule has 0 aromatic carbocycles. The van der Waals surface area contributed by atoms with Gasteiger partial charge in [0, 0.05) is 6.20 Å². The van der Waals surface area contributed by atoms with E-state index in [0.29, 0.717) is 6.67 Å². The van der Waals surface area contributed by atoms with Gasteiger partial charge in [-0.2, -0.15) is 0 Å². The molecule has 0 spiro atoms. The summed E-state index contributed by atoms with van der Waals surface area (Å²) in [5, 5.41) is 2.76. The van der Waals surface area contributed by atoms with Gasteiger partial charge in [-0.15, -0.1) is 0 Å². The van der Waals surface area contributed by atoms with Crippen molar-refractivity contribution in [1.29, 1.82) is 0 Å². The number of aromatic nitrogens is 1. The van der Waals surface area contributed by atoms with Crippen molar-refractivity contribution in [3.63, 3.8) is 0 Å². The van der Waals surface area contributed by atoms with Crippen LogP contribution in [0.2, 0.25) is 0 Å². The molecular formula is C11H11N3O. The fourth-order valence-electron chi connectivity index (χ4n) is 2.24. The lowest BCUT2D eigenvalue weighted by Gasteiger charge is -2.27. The van der Waals surface area contributed by atoms with Crippen molar-refractivity contribution in [2.24, 2.45) is 10.9 Å². The van der Waals surface area contributed by atoms with Crippen molar-refractivity contribution in [3.05, 3.63) is 29.6 Å². The Morgan fingerprint density at radius 3 is 3.33 bits per heavy atom. The van der Waals surface area contributed by atoms with Crippen LogP contribution >= 0.6 is 0 Å². The number of carbonyl (C=O) groups is 1. The number of hydrogen-bond acceptors (Lipinski definition) is 3. The summed E-state index contributed by atoms with van der Waals surface area (Å²) in [7, 11) is 0. The van der Waals surface area contributed by atoms with E-state index >= 15 is 0 Å². The van der Waals surface area contributed by atoms with E-state index in [2.05, 4.69) is 21.4 Å². The first-order chi connectivity index (χ1) is 7.36. The number of pyridine rings is 1. The normalized spacial score (nSPS) is 23.6. The van der Waals surface area contributed by atoms with Crippen molar-refractivity contribution in [1.82, 2.24) is 10.3 Å². The predicted octanol–water partition coefficient (Wildman–Crippen LogP) is 0.520. The van der Waals surface area contributed by atoms with Gasteiger partial charge in [0.05, 0.1) is 17.3 Å². The minimum absolute atomic E-state index is 0.0823. The molecule has 3 rings (SSSR count). The smallest absolute Gasteiger partial charge is 0.230 e. The summed E-state index contributed by atoms with van der Waals surface area (Å²) in [6.45, 7) is 0.390. The highest BCUT2D eigenvalue weighted by Crippen LogP contribution is 2.26.